The summed E-state index contributed by atoms with van der Waals surface area (Å²) in [7, 11) is 0. The molecule has 5 N–H and O–H groups in total. The van der Waals surface area contributed by atoms with Crippen molar-refractivity contribution in [1.82, 2.24) is 13.9 Å². The Hall–Kier alpha value is -1.95. The van der Waals surface area contributed by atoms with Crippen LogP contribution in [-0.4, -0.2) is 60.3 Å². The maximum atomic E-state index is 13.6. The van der Waals surface area contributed by atoms with Gasteiger partial charge in [-0.05, 0) is 74.1 Å². The zero-order chi connectivity index (χ0) is 26.4. The Balaban J connectivity index is 1.29. The van der Waals surface area contributed by atoms with Crippen LogP contribution in [0.4, 0.5) is 17.6 Å². The molecule has 1 aromatic carbocycles. The van der Waals surface area contributed by atoms with E-state index in [-0.39, 0.29) is 37.0 Å². The number of allylic oxidation sites excluding steroid dienone is 2. The first-order valence-corrected chi connectivity index (χ1v) is 13.7. The molecule has 1 aromatic rings. The Labute approximate surface area is 220 Å². The Morgan fingerprint density at radius 3 is 2.57 bits per heavy atom. The molecule has 4 rings (SSSR count). The summed E-state index contributed by atoms with van der Waals surface area (Å²) < 4.78 is 63.6. The highest BCUT2D eigenvalue weighted by atomic mass is 32.2. The number of piperidine rings is 1. The van der Waals surface area contributed by atoms with Crippen LogP contribution < -0.4 is 16.2 Å². The number of hydrogen-bond acceptors (Lipinski definition) is 7. The van der Waals surface area contributed by atoms with Gasteiger partial charge in [-0.15, -0.1) is 0 Å². The third-order valence-electron chi connectivity index (χ3n) is 7.66. The van der Waals surface area contributed by atoms with E-state index in [0.717, 1.165) is 44.2 Å². The van der Waals surface area contributed by atoms with Gasteiger partial charge in [0.15, 0.2) is 0 Å². The van der Waals surface area contributed by atoms with Crippen molar-refractivity contribution >= 4 is 12.1 Å². The molecule has 2 unspecified atom stereocenters. The van der Waals surface area contributed by atoms with Crippen LogP contribution in [0.1, 0.15) is 43.6 Å². The summed E-state index contributed by atoms with van der Waals surface area (Å²) >= 11 is 1.28. The van der Waals surface area contributed by atoms with E-state index in [1.807, 2.05) is 6.07 Å². The molecule has 11 heteroatoms. The monoisotopic (exact) mass is 543 g/mol. The zero-order valence-electron chi connectivity index (χ0n) is 20.9. The summed E-state index contributed by atoms with van der Waals surface area (Å²) in [5.41, 5.74) is 12.7. The van der Waals surface area contributed by atoms with Gasteiger partial charge in [0.25, 0.3) is 0 Å². The molecule has 37 heavy (non-hydrogen) atoms. The number of nitrogens with one attached hydrogen (secondary N) is 1. The molecule has 0 amide bonds. The van der Waals surface area contributed by atoms with Crippen molar-refractivity contribution in [2.75, 3.05) is 32.8 Å². The number of nitrogens with two attached hydrogens (primary N) is 2. The van der Waals surface area contributed by atoms with E-state index in [1.165, 1.54) is 24.4 Å². The second-order valence-corrected chi connectivity index (χ2v) is 11.2. The fourth-order valence-corrected chi connectivity index (χ4v) is 6.40. The Bertz CT molecular complexity index is 932. The smallest absolute Gasteiger partial charge is 0.394 e. The van der Waals surface area contributed by atoms with Crippen molar-refractivity contribution in [3.63, 3.8) is 0 Å². The lowest BCUT2D eigenvalue weighted by atomic mass is 9.82. The van der Waals surface area contributed by atoms with Crippen LogP contribution in [0.5, 0.6) is 0 Å². The molecule has 0 radical (unpaired) electrons. The number of benzene rings is 1. The molecular weight excluding hydrogens is 506 g/mol. The van der Waals surface area contributed by atoms with E-state index in [0.29, 0.717) is 24.9 Å². The first-order chi connectivity index (χ1) is 17.7. The molecule has 6 nitrogen and oxygen atoms in total. The number of likely N-dealkylation sites (tertiary alicyclic amines) is 1. The number of ether oxygens (including phenoxy) is 1. The number of halogens is 4. The summed E-state index contributed by atoms with van der Waals surface area (Å²) in [4.78, 5) is 2.10. The van der Waals surface area contributed by atoms with E-state index >= 15 is 0 Å². The first kappa shape index (κ1) is 28.1. The first-order valence-electron chi connectivity index (χ1n) is 12.9. The highest BCUT2D eigenvalue weighted by Gasteiger charge is 2.47. The third kappa shape index (κ3) is 7.78. The van der Waals surface area contributed by atoms with Gasteiger partial charge in [0.1, 0.15) is 5.82 Å². The minimum Gasteiger partial charge on any atom is -0.405 e. The molecule has 0 bridgehead atoms. The lowest BCUT2D eigenvalue weighted by Crippen LogP contribution is -2.54. The maximum Gasteiger partial charge on any atom is 0.394 e. The largest absolute Gasteiger partial charge is 0.405 e. The van der Waals surface area contributed by atoms with Crippen molar-refractivity contribution in [2.45, 2.75) is 56.3 Å². The molecule has 206 valence electrons. The molecule has 3 aliphatic rings. The molecule has 3 fully saturated rings. The zero-order valence-corrected chi connectivity index (χ0v) is 21.7. The van der Waals surface area contributed by atoms with Crippen LogP contribution in [0.2, 0.25) is 0 Å². The fourth-order valence-electron chi connectivity index (χ4n) is 5.30. The molecule has 0 spiro atoms. The van der Waals surface area contributed by atoms with Crippen molar-refractivity contribution in [3.8, 4) is 0 Å². The molecule has 0 aromatic heterocycles. The van der Waals surface area contributed by atoms with Gasteiger partial charge in [-0.1, -0.05) is 12.1 Å². The van der Waals surface area contributed by atoms with E-state index in [9.17, 15) is 17.6 Å². The van der Waals surface area contributed by atoms with Crippen LogP contribution in [0.25, 0.3) is 0 Å². The van der Waals surface area contributed by atoms with Gasteiger partial charge in [-0.2, -0.15) is 13.2 Å². The van der Waals surface area contributed by atoms with Crippen LogP contribution in [0, 0.1) is 17.7 Å². The third-order valence-corrected chi connectivity index (χ3v) is 8.63. The Morgan fingerprint density at radius 2 is 1.89 bits per heavy atom. The fraction of sp³-hybridized carbons (Fsp3) is 0.615. The lowest BCUT2D eigenvalue weighted by molar-refractivity contribution is -0.197. The molecule has 1 aliphatic carbocycles. The topological polar surface area (TPSA) is 79.8 Å². The Kier molecular flexibility index (Phi) is 9.66. The van der Waals surface area contributed by atoms with Crippen molar-refractivity contribution in [3.05, 3.63) is 59.8 Å². The number of rotatable bonds is 9. The van der Waals surface area contributed by atoms with Crippen molar-refractivity contribution < 1.29 is 22.3 Å². The van der Waals surface area contributed by atoms with Crippen molar-refractivity contribution in [2.24, 2.45) is 23.3 Å². The summed E-state index contributed by atoms with van der Waals surface area (Å²) in [6.45, 7) is 1.98. The van der Waals surface area contributed by atoms with Gasteiger partial charge in [0.2, 0.25) is 0 Å². The van der Waals surface area contributed by atoms with E-state index < -0.39 is 12.1 Å². The average Bonchev–Trinajstić information content (AvgIpc) is 2.85. The predicted molar refractivity (Wildman–Crippen MR) is 138 cm³/mol. The predicted octanol–water partition coefficient (Wildman–Crippen LogP) is 4.48. The second-order valence-electron chi connectivity index (χ2n) is 10.2. The average molecular weight is 544 g/mol. The number of hydrogen-bond donors (Lipinski definition) is 3. The van der Waals surface area contributed by atoms with Crippen LogP contribution in [0.15, 0.2) is 48.4 Å². The van der Waals surface area contributed by atoms with Gasteiger partial charge in [0.05, 0.1) is 24.4 Å². The van der Waals surface area contributed by atoms with Gasteiger partial charge in [-0.25, -0.2) is 13.4 Å². The maximum absolute atomic E-state index is 13.6. The highest BCUT2D eigenvalue weighted by molar-refractivity contribution is 7.95. The normalized spacial score (nSPS) is 28.5. The summed E-state index contributed by atoms with van der Waals surface area (Å²) in [5, 5.41) is 0. The highest BCUT2D eigenvalue weighted by Crippen LogP contribution is 2.37. The molecule has 1 saturated carbocycles. The molecule has 2 saturated heterocycles. The van der Waals surface area contributed by atoms with Gasteiger partial charge in [0, 0.05) is 50.3 Å². The summed E-state index contributed by atoms with van der Waals surface area (Å²) in [6, 6.07) is 6.95. The van der Waals surface area contributed by atoms with Crippen LogP contribution in [-0.2, 0) is 4.74 Å². The summed E-state index contributed by atoms with van der Waals surface area (Å²) in [5.74, 6) is -0.341. The quantitative estimate of drug-likeness (QED) is 0.241. The summed E-state index contributed by atoms with van der Waals surface area (Å²) in [6.07, 6.45) is 5.45. The molecule has 2 aliphatic heterocycles. The SMILES string of the molecule is N/C=C\C=C(/N)N1CCC(NSN2CC(C(F)(F)F)C2)C(COC2CCC(c3cccc(F)c3)CC2)C1. The minimum absolute atomic E-state index is 0.0108. The van der Waals surface area contributed by atoms with E-state index in [2.05, 4.69) is 9.62 Å². The number of nitrogens with zero attached hydrogens (tertiary/aromatic N) is 2. The Morgan fingerprint density at radius 1 is 1.14 bits per heavy atom. The van der Waals surface area contributed by atoms with Gasteiger partial charge >= 0.3 is 6.18 Å². The molecule has 2 heterocycles. The van der Waals surface area contributed by atoms with Crippen LogP contribution in [0.3, 0.4) is 0 Å². The second kappa shape index (κ2) is 12.7. The van der Waals surface area contributed by atoms with Crippen LogP contribution >= 0.6 is 12.1 Å². The van der Waals surface area contributed by atoms with Gasteiger partial charge < -0.3 is 21.1 Å². The van der Waals surface area contributed by atoms with E-state index in [4.69, 9.17) is 16.2 Å². The van der Waals surface area contributed by atoms with E-state index in [1.54, 1.807) is 28.6 Å². The molecule has 2 atom stereocenters. The molecular formula is C26H37F4N5OS. The minimum atomic E-state index is -4.13. The van der Waals surface area contributed by atoms with Crippen molar-refractivity contribution in [1.29, 1.82) is 0 Å². The number of alkyl halides is 3. The van der Waals surface area contributed by atoms with Gasteiger partial charge in [-0.3, -0.25) is 0 Å². The standard InChI is InChI=1S/C26H37F4N5OS/c27-22-4-1-3-19(13-22)18-6-8-23(9-7-18)36-17-20-14-34(25(32)5-2-11-31)12-10-24(20)33-37-35-15-21(16-35)26(28,29)30/h1-5,11,13,18,20-21,23-24,33H,6-10,12,14-17,31-32H2/b11-2-,25-5+. The lowest BCUT2D eigenvalue weighted by Gasteiger charge is -2.43.